The molecule has 2 nitrogen and oxygen atoms in total. The Bertz CT molecular complexity index is 234. The molecule has 0 N–H and O–H groups in total. The van der Waals surface area contributed by atoms with Gasteiger partial charge in [-0.15, -0.1) is 0 Å². The second kappa shape index (κ2) is 4.21. The fraction of sp³-hybridized carbons (Fsp3) is 0. The summed E-state index contributed by atoms with van der Waals surface area (Å²) in [7, 11) is 0.833. The van der Waals surface area contributed by atoms with E-state index in [4.69, 9.17) is 11.9 Å². The van der Waals surface area contributed by atoms with E-state index in [1.165, 1.54) is 12.1 Å². The van der Waals surface area contributed by atoms with Crippen molar-refractivity contribution in [1.29, 1.82) is 0 Å². The average molecular weight is 173 g/mol. The van der Waals surface area contributed by atoms with Crippen molar-refractivity contribution < 1.29 is 13.3 Å². The van der Waals surface area contributed by atoms with Crippen molar-refractivity contribution >= 4 is 19.6 Å². The lowest BCUT2D eigenvalue weighted by atomic mass is 10.3. The number of para-hydroxylation sites is 1. The second-order valence-corrected chi connectivity index (χ2v) is 1.91. The summed E-state index contributed by atoms with van der Waals surface area (Å²) in [5.74, 6) is -0.384. The first kappa shape index (κ1) is 8.36. The molecular weight excluding hydrogens is 169 g/mol. The van der Waals surface area contributed by atoms with E-state index in [0.717, 1.165) is 7.69 Å². The molecule has 0 aliphatic rings. The summed E-state index contributed by atoms with van der Waals surface area (Å²) >= 11 is 4.80. The molecule has 0 atom stereocenters. The zero-order valence-electron chi connectivity index (χ0n) is 5.46. The van der Waals surface area contributed by atoms with Crippen LogP contribution in [0.2, 0.25) is 0 Å². The van der Waals surface area contributed by atoms with Gasteiger partial charge in [-0.25, -0.2) is 4.39 Å². The smallest absolute Gasteiger partial charge is 0.534 e. The van der Waals surface area contributed by atoms with E-state index in [-0.39, 0.29) is 5.75 Å². The summed E-state index contributed by atoms with van der Waals surface area (Å²) in [5.41, 5.74) is 0. The van der Waals surface area contributed by atoms with Crippen molar-refractivity contribution in [2.24, 2.45) is 0 Å². The van der Waals surface area contributed by atoms with E-state index in [1.54, 1.807) is 12.1 Å². The second-order valence-electron chi connectivity index (χ2n) is 1.73. The van der Waals surface area contributed by atoms with Gasteiger partial charge in [0, 0.05) is 11.9 Å². The summed E-state index contributed by atoms with van der Waals surface area (Å²) in [6.07, 6.45) is 0. The molecule has 0 amide bonds. The molecule has 11 heavy (non-hydrogen) atoms. The maximum atomic E-state index is 12.7. The van der Waals surface area contributed by atoms with Crippen molar-refractivity contribution in [3.8, 4) is 5.75 Å². The Kier molecular flexibility index (Phi) is 3.20. The highest BCUT2D eigenvalue weighted by molar-refractivity contribution is 6.31. The van der Waals surface area contributed by atoms with Crippen LogP contribution < -0.4 is 4.65 Å². The molecule has 57 valence electrons. The van der Waals surface area contributed by atoms with Crippen LogP contribution in [-0.4, -0.2) is 7.69 Å². The highest BCUT2D eigenvalue weighted by Gasteiger charge is 2.01. The van der Waals surface area contributed by atoms with Gasteiger partial charge in [0.1, 0.15) is 5.75 Å². The van der Waals surface area contributed by atoms with Gasteiger partial charge in [0.2, 0.25) is 0 Å². The fourth-order valence-corrected chi connectivity index (χ4v) is 0.647. The van der Waals surface area contributed by atoms with Crippen molar-refractivity contribution in [3.63, 3.8) is 0 Å². The van der Waals surface area contributed by atoms with Gasteiger partial charge in [-0.05, 0) is 12.1 Å². The van der Waals surface area contributed by atoms with Gasteiger partial charge >= 0.3 is 7.69 Å². The van der Waals surface area contributed by atoms with Crippen LogP contribution in [0.1, 0.15) is 0 Å². The van der Waals surface area contributed by atoms with Crippen molar-refractivity contribution in [3.05, 3.63) is 30.1 Å². The van der Waals surface area contributed by atoms with E-state index in [0.29, 0.717) is 0 Å². The van der Waals surface area contributed by atoms with Crippen LogP contribution >= 0.6 is 11.9 Å². The Morgan fingerprint density at radius 1 is 1.36 bits per heavy atom. The van der Waals surface area contributed by atoms with E-state index in [2.05, 4.69) is 8.86 Å². The number of rotatable bonds is 3. The predicted molar refractivity (Wildman–Crippen MR) is 39.7 cm³/mol. The maximum absolute atomic E-state index is 12.7. The third-order valence-corrected chi connectivity index (χ3v) is 1.12. The van der Waals surface area contributed by atoms with Gasteiger partial charge < -0.3 is 4.65 Å². The average Bonchev–Trinajstić information content (AvgIpc) is 2.03. The topological polar surface area (TPSA) is 18.5 Å². The van der Waals surface area contributed by atoms with Crippen LogP contribution in [-0.2, 0) is 4.21 Å². The largest absolute Gasteiger partial charge is 0.590 e. The molecule has 0 aliphatic carbocycles. The number of halogens is 2. The molecule has 1 radical (unpaired) electrons. The first-order valence-electron chi connectivity index (χ1n) is 2.85. The number of benzene rings is 1. The molecule has 0 fully saturated rings. The Hall–Kier alpha value is -0.735. The molecule has 0 aromatic heterocycles. The zero-order chi connectivity index (χ0) is 8.10. The molecular formula is C6H4BClFO2. The van der Waals surface area contributed by atoms with Crippen LogP contribution in [0.3, 0.4) is 0 Å². The standard InChI is InChI=1S/C6H4BClFO2/c8-11-7-10-6-4-2-1-3-5(6)9/h1-4H. The molecule has 1 rings (SSSR count). The van der Waals surface area contributed by atoms with Crippen LogP contribution in [0.5, 0.6) is 5.75 Å². The predicted octanol–water partition coefficient (Wildman–Crippen LogP) is 1.91. The van der Waals surface area contributed by atoms with Gasteiger partial charge in [0.05, 0.1) is 0 Å². The lowest BCUT2D eigenvalue weighted by molar-refractivity contribution is 0.454. The molecule has 0 spiro atoms. The van der Waals surface area contributed by atoms with Crippen LogP contribution in [0.4, 0.5) is 4.39 Å². The molecule has 0 saturated heterocycles. The Balaban J connectivity index is 2.62. The molecule has 0 unspecified atom stereocenters. The molecule has 5 heteroatoms. The van der Waals surface area contributed by atoms with E-state index in [9.17, 15) is 4.39 Å². The lowest BCUT2D eigenvalue weighted by Crippen LogP contribution is -2.02. The molecule has 0 aliphatic heterocycles. The van der Waals surface area contributed by atoms with Gasteiger partial charge in [-0.3, -0.25) is 4.21 Å². The first-order valence-corrected chi connectivity index (χ1v) is 3.15. The highest BCUT2D eigenvalue weighted by atomic mass is 35.5. The van der Waals surface area contributed by atoms with Crippen LogP contribution in [0.15, 0.2) is 24.3 Å². The molecule has 1 aromatic rings. The summed E-state index contributed by atoms with van der Waals surface area (Å²) in [6.45, 7) is 0. The summed E-state index contributed by atoms with van der Waals surface area (Å²) in [6, 6.07) is 5.93. The first-order chi connectivity index (χ1) is 5.34. The van der Waals surface area contributed by atoms with Crippen molar-refractivity contribution in [2.45, 2.75) is 0 Å². The lowest BCUT2D eigenvalue weighted by Gasteiger charge is -2.01. The minimum atomic E-state index is -0.461. The van der Waals surface area contributed by atoms with E-state index in [1.807, 2.05) is 0 Å². The fourth-order valence-electron chi connectivity index (χ4n) is 0.610. The van der Waals surface area contributed by atoms with Gasteiger partial charge in [-0.1, -0.05) is 12.1 Å². The van der Waals surface area contributed by atoms with Crippen molar-refractivity contribution in [2.75, 3.05) is 0 Å². The van der Waals surface area contributed by atoms with Crippen LogP contribution in [0, 0.1) is 5.82 Å². The Labute approximate surface area is 69.4 Å². The Morgan fingerprint density at radius 2 is 2.09 bits per heavy atom. The normalized spacial score (nSPS) is 9.27. The number of hydrogen-bond acceptors (Lipinski definition) is 2. The quantitative estimate of drug-likeness (QED) is 0.650. The van der Waals surface area contributed by atoms with Crippen LogP contribution in [0.25, 0.3) is 0 Å². The molecule has 0 saturated carbocycles. The SMILES string of the molecule is Fc1ccccc1O[B]OCl. The summed E-state index contributed by atoms with van der Waals surface area (Å²) in [5, 5.41) is 0. The van der Waals surface area contributed by atoms with Gasteiger partial charge in [-0.2, -0.15) is 0 Å². The zero-order valence-corrected chi connectivity index (χ0v) is 6.22. The van der Waals surface area contributed by atoms with Gasteiger partial charge in [0.15, 0.2) is 5.82 Å². The maximum Gasteiger partial charge on any atom is 0.590 e. The number of hydrogen-bond donors (Lipinski definition) is 0. The molecule has 0 heterocycles. The van der Waals surface area contributed by atoms with E-state index >= 15 is 0 Å². The summed E-state index contributed by atoms with van der Waals surface area (Å²) < 4.78 is 21.3. The summed E-state index contributed by atoms with van der Waals surface area (Å²) in [4.78, 5) is 0. The highest BCUT2D eigenvalue weighted by Crippen LogP contribution is 2.14. The van der Waals surface area contributed by atoms with E-state index < -0.39 is 5.82 Å². The third kappa shape index (κ3) is 2.40. The minimum Gasteiger partial charge on any atom is -0.534 e. The minimum absolute atomic E-state index is 0.0770. The van der Waals surface area contributed by atoms with Crippen molar-refractivity contribution in [1.82, 2.24) is 0 Å². The van der Waals surface area contributed by atoms with Gasteiger partial charge in [0.25, 0.3) is 0 Å². The third-order valence-electron chi connectivity index (χ3n) is 1.05. The molecule has 0 bridgehead atoms. The monoisotopic (exact) mass is 173 g/mol. The Morgan fingerprint density at radius 3 is 2.73 bits per heavy atom. The molecule has 1 aromatic carbocycles.